The maximum Gasteiger partial charge on any atom is 0.321 e. The molecule has 0 aliphatic carbocycles. The third-order valence-corrected chi connectivity index (χ3v) is 1.98. The molecule has 0 aromatic carbocycles. The first kappa shape index (κ1) is 11.3. The van der Waals surface area contributed by atoms with E-state index in [1.807, 2.05) is 0 Å². The van der Waals surface area contributed by atoms with Crippen molar-refractivity contribution < 1.29 is 9.90 Å². The summed E-state index contributed by atoms with van der Waals surface area (Å²) >= 11 is 3.91. The molecule has 0 amide bonds. The van der Waals surface area contributed by atoms with Crippen LogP contribution in [0, 0.1) is 0 Å². The predicted octanol–water partition coefficient (Wildman–Crippen LogP) is 0.169. The number of hydrogen-bond acceptors (Lipinski definition) is 4. The van der Waals surface area contributed by atoms with Gasteiger partial charge in [-0.3, -0.25) is 4.79 Å². The maximum absolute atomic E-state index is 10.5. The van der Waals surface area contributed by atoms with Crippen LogP contribution in [0.25, 0.3) is 0 Å². The minimum atomic E-state index is -0.883. The smallest absolute Gasteiger partial charge is 0.321 e. The van der Waals surface area contributed by atoms with Crippen molar-refractivity contribution in [1.82, 2.24) is 5.32 Å². The number of hydrogen-bond donors (Lipinski definition) is 4. The number of carboxylic acid groups (broad SMARTS) is 1. The Balaban J connectivity index is 4.22. The van der Waals surface area contributed by atoms with Gasteiger partial charge in [0.25, 0.3) is 0 Å². The molecule has 0 aliphatic heterocycles. The molecule has 0 aliphatic rings. The largest absolute Gasteiger partial charge is 0.480 e. The Morgan fingerprint density at radius 2 is 2.25 bits per heavy atom. The monoisotopic (exact) mass is 190 g/mol. The summed E-state index contributed by atoms with van der Waals surface area (Å²) in [5.41, 5.74) is 6.14. The number of likely N-dealkylation sites (N-methyl/N-ethyl adjacent to an activating group) is 1. The first-order valence-corrected chi connectivity index (χ1v) is 3.98. The van der Waals surface area contributed by atoms with Crippen molar-refractivity contribution in [3.63, 3.8) is 0 Å². The number of carboxylic acids is 1. The van der Waals surface area contributed by atoms with E-state index in [1.54, 1.807) is 14.0 Å². The summed E-state index contributed by atoms with van der Waals surface area (Å²) in [6, 6.07) is -0.587. The first-order valence-electron chi connectivity index (χ1n) is 3.53. The van der Waals surface area contributed by atoms with E-state index in [4.69, 9.17) is 10.8 Å². The van der Waals surface area contributed by atoms with Crippen LogP contribution >= 0.6 is 12.6 Å². The molecule has 1 atom stereocenters. The van der Waals surface area contributed by atoms with Gasteiger partial charge in [-0.1, -0.05) is 0 Å². The molecule has 0 spiro atoms. The summed E-state index contributed by atoms with van der Waals surface area (Å²) in [7, 11) is 1.60. The number of nitrogens with one attached hydrogen (secondary N) is 1. The molecule has 0 unspecified atom stereocenters. The van der Waals surface area contributed by atoms with E-state index in [0.717, 1.165) is 5.57 Å². The van der Waals surface area contributed by atoms with Crippen molar-refractivity contribution >= 4 is 18.6 Å². The second-order valence-electron chi connectivity index (χ2n) is 2.55. The molecule has 0 aromatic rings. The minimum absolute atomic E-state index is 0.376. The molecule has 0 saturated heterocycles. The van der Waals surface area contributed by atoms with Crippen LogP contribution in [-0.2, 0) is 4.79 Å². The van der Waals surface area contributed by atoms with Gasteiger partial charge in [0.1, 0.15) is 6.04 Å². The Labute approximate surface area is 77.2 Å². The third kappa shape index (κ3) is 3.64. The number of nitrogens with two attached hydrogens (primary N) is 1. The average Bonchev–Trinajstić information content (AvgIpc) is 1.98. The van der Waals surface area contributed by atoms with Crippen LogP contribution in [0.1, 0.15) is 13.3 Å². The highest BCUT2D eigenvalue weighted by atomic mass is 32.1. The van der Waals surface area contributed by atoms with Gasteiger partial charge in [0.15, 0.2) is 0 Å². The Morgan fingerprint density at radius 3 is 2.50 bits per heavy atom. The zero-order valence-electron chi connectivity index (χ0n) is 7.16. The van der Waals surface area contributed by atoms with Gasteiger partial charge in [0, 0.05) is 0 Å². The lowest BCUT2D eigenvalue weighted by molar-refractivity contribution is -0.139. The zero-order valence-corrected chi connectivity index (χ0v) is 8.06. The normalized spacial score (nSPS) is 15.2. The molecule has 0 bridgehead atoms. The molecule has 0 aromatic heterocycles. The summed E-state index contributed by atoms with van der Waals surface area (Å²) in [5.74, 6) is -0.883. The summed E-state index contributed by atoms with van der Waals surface area (Å²) in [6.07, 6.45) is 0.376. The van der Waals surface area contributed by atoms with Crippen molar-refractivity contribution in [2.24, 2.45) is 5.73 Å². The highest BCUT2D eigenvalue weighted by Gasteiger charge is 2.15. The van der Waals surface area contributed by atoms with Crippen molar-refractivity contribution in [3.05, 3.63) is 10.6 Å². The molecule has 70 valence electrons. The van der Waals surface area contributed by atoms with E-state index in [0.29, 0.717) is 11.4 Å². The molecule has 0 rings (SSSR count). The van der Waals surface area contributed by atoms with Gasteiger partial charge in [-0.15, -0.1) is 12.6 Å². The molecule has 0 radical (unpaired) electrons. The lowest BCUT2D eigenvalue weighted by Gasteiger charge is -2.11. The number of rotatable bonds is 4. The first-order chi connectivity index (χ1) is 5.49. The fourth-order valence-corrected chi connectivity index (χ4v) is 0.815. The van der Waals surface area contributed by atoms with Crippen LogP contribution in [0.15, 0.2) is 10.6 Å². The van der Waals surface area contributed by atoms with Gasteiger partial charge in [0.2, 0.25) is 0 Å². The topological polar surface area (TPSA) is 75.3 Å². The summed E-state index contributed by atoms with van der Waals surface area (Å²) in [4.78, 5) is 10.5. The summed E-state index contributed by atoms with van der Waals surface area (Å²) in [5, 5.41) is 11.7. The van der Waals surface area contributed by atoms with E-state index < -0.39 is 12.0 Å². The van der Waals surface area contributed by atoms with E-state index >= 15 is 0 Å². The van der Waals surface area contributed by atoms with Crippen LogP contribution < -0.4 is 11.1 Å². The van der Waals surface area contributed by atoms with Gasteiger partial charge in [-0.05, 0) is 26.0 Å². The third-order valence-electron chi connectivity index (χ3n) is 1.59. The van der Waals surface area contributed by atoms with Crippen molar-refractivity contribution in [3.8, 4) is 0 Å². The SMILES string of the molecule is CN[C@@H](C/C(C)=C(/N)S)C(=O)O. The molecule has 4 nitrogen and oxygen atoms in total. The standard InChI is InChI=1S/C7H14N2O2S/c1-4(6(8)12)3-5(9-2)7(10)11/h5,9,12H,3,8H2,1-2H3,(H,10,11)/b6-4-/t5-/m0/s1. The molecule has 4 N–H and O–H groups in total. The van der Waals surface area contributed by atoms with Crippen LogP contribution in [0.5, 0.6) is 0 Å². The molecular formula is C7H14N2O2S. The Kier molecular flexibility index (Phi) is 4.77. The molecular weight excluding hydrogens is 176 g/mol. The van der Waals surface area contributed by atoms with Gasteiger partial charge in [-0.25, -0.2) is 0 Å². The van der Waals surface area contributed by atoms with E-state index in [1.165, 1.54) is 0 Å². The number of carbonyl (C=O) groups is 1. The lowest BCUT2D eigenvalue weighted by Crippen LogP contribution is -2.34. The van der Waals surface area contributed by atoms with Crippen molar-refractivity contribution in [1.29, 1.82) is 0 Å². The van der Waals surface area contributed by atoms with E-state index in [9.17, 15) is 4.79 Å². The van der Waals surface area contributed by atoms with Crippen molar-refractivity contribution in [2.75, 3.05) is 7.05 Å². The van der Waals surface area contributed by atoms with Crippen LogP contribution in [-0.4, -0.2) is 24.2 Å². The number of thiol groups is 1. The molecule has 5 heteroatoms. The summed E-state index contributed by atoms with van der Waals surface area (Å²) < 4.78 is 0. The average molecular weight is 190 g/mol. The van der Waals surface area contributed by atoms with Crippen LogP contribution in [0.4, 0.5) is 0 Å². The second kappa shape index (κ2) is 5.05. The highest BCUT2D eigenvalue weighted by Crippen LogP contribution is 2.09. The van der Waals surface area contributed by atoms with Crippen molar-refractivity contribution in [2.45, 2.75) is 19.4 Å². The Bertz CT molecular complexity index is 200. The highest BCUT2D eigenvalue weighted by molar-refractivity contribution is 7.84. The van der Waals surface area contributed by atoms with Gasteiger partial charge in [0.05, 0.1) is 5.03 Å². The predicted molar refractivity (Wildman–Crippen MR) is 51.0 cm³/mol. The van der Waals surface area contributed by atoms with Gasteiger partial charge >= 0.3 is 5.97 Å². The molecule has 0 saturated carbocycles. The van der Waals surface area contributed by atoms with E-state index in [-0.39, 0.29) is 0 Å². The maximum atomic E-state index is 10.5. The molecule has 0 fully saturated rings. The quantitative estimate of drug-likeness (QED) is 0.477. The minimum Gasteiger partial charge on any atom is -0.480 e. The Morgan fingerprint density at radius 1 is 1.75 bits per heavy atom. The summed E-state index contributed by atoms with van der Waals surface area (Å²) in [6.45, 7) is 1.76. The molecule has 12 heavy (non-hydrogen) atoms. The number of aliphatic carboxylic acids is 1. The lowest BCUT2D eigenvalue weighted by atomic mass is 10.1. The van der Waals surface area contributed by atoms with Gasteiger partial charge in [-0.2, -0.15) is 0 Å². The fourth-order valence-electron chi connectivity index (χ4n) is 0.724. The van der Waals surface area contributed by atoms with Crippen LogP contribution in [0.3, 0.4) is 0 Å². The fraction of sp³-hybridized carbons (Fsp3) is 0.571. The molecule has 0 heterocycles. The zero-order chi connectivity index (χ0) is 9.72. The van der Waals surface area contributed by atoms with E-state index in [2.05, 4.69) is 17.9 Å². The Hall–Kier alpha value is -0.680. The van der Waals surface area contributed by atoms with Crippen LogP contribution in [0.2, 0.25) is 0 Å². The van der Waals surface area contributed by atoms with Gasteiger partial charge < -0.3 is 16.2 Å². The second-order valence-corrected chi connectivity index (χ2v) is 3.03.